The first-order valence-electron chi connectivity index (χ1n) is 7.98. The van der Waals surface area contributed by atoms with Gasteiger partial charge in [-0.2, -0.15) is 0 Å². The van der Waals surface area contributed by atoms with Gasteiger partial charge in [-0.1, -0.05) is 6.07 Å². The Morgan fingerprint density at radius 1 is 0.929 bits per heavy atom. The highest BCUT2D eigenvalue weighted by Crippen LogP contribution is 2.21. The highest BCUT2D eigenvalue weighted by molar-refractivity contribution is 5.99. The Morgan fingerprint density at radius 3 is 1.86 bits per heavy atom. The van der Waals surface area contributed by atoms with Crippen LogP contribution in [0.25, 0.3) is 0 Å². The van der Waals surface area contributed by atoms with Crippen LogP contribution in [-0.2, 0) is 27.4 Å². The normalized spacial score (nSPS) is 13.0. The quantitative estimate of drug-likeness (QED) is 0.400. The molecule has 28 heavy (non-hydrogen) atoms. The van der Waals surface area contributed by atoms with E-state index in [4.69, 9.17) is 30.8 Å². The summed E-state index contributed by atoms with van der Waals surface area (Å²) in [6.07, 6.45) is 0. The van der Waals surface area contributed by atoms with Crippen molar-refractivity contribution in [3.05, 3.63) is 69.8 Å². The van der Waals surface area contributed by atoms with E-state index in [9.17, 15) is 9.59 Å². The molecule has 2 aliphatic rings. The predicted molar refractivity (Wildman–Crippen MR) is 103 cm³/mol. The summed E-state index contributed by atoms with van der Waals surface area (Å²) in [5.74, 6) is -0.505. The number of benzene rings is 2. The lowest BCUT2D eigenvalue weighted by atomic mass is 10.1. The van der Waals surface area contributed by atoms with Gasteiger partial charge < -0.3 is 19.9 Å². The number of nitrogen functional groups attached to an aromatic ring is 1. The number of fused-ring (bicyclic) bond motifs is 2. The maximum Gasteiger partial charge on any atom is 0.338 e. The smallest absolute Gasteiger partial charge is 0.338 e. The molecule has 0 saturated carbocycles. The van der Waals surface area contributed by atoms with Gasteiger partial charge in [-0.05, 0) is 30.3 Å². The van der Waals surface area contributed by atoms with Crippen LogP contribution in [-0.4, -0.2) is 30.8 Å². The predicted octanol–water partition coefficient (Wildman–Crippen LogP) is 2.39. The maximum absolute atomic E-state index is 11.1. The third-order valence-electron chi connectivity index (χ3n) is 4.15. The average Bonchev–Trinajstić information content (AvgIpc) is 3.24. The molecule has 0 aromatic heterocycles. The summed E-state index contributed by atoms with van der Waals surface area (Å²) in [6, 6.07) is 10.1. The molecule has 0 bridgehead atoms. The zero-order valence-electron chi connectivity index (χ0n) is 14.9. The van der Waals surface area contributed by atoms with Gasteiger partial charge in [0.15, 0.2) is 0 Å². The average molecular weight is 404 g/mol. The molecule has 0 saturated heterocycles. The number of halogens is 1. The first-order chi connectivity index (χ1) is 12.9. The van der Waals surface area contributed by atoms with Gasteiger partial charge in [0.25, 0.3) is 0 Å². The molecule has 0 unspecified atom stereocenters. The molecule has 146 valence electrons. The van der Waals surface area contributed by atoms with Crippen LogP contribution in [0.3, 0.4) is 0 Å². The minimum atomic E-state index is -0.301. The molecule has 4 rings (SSSR count). The third-order valence-corrected chi connectivity index (χ3v) is 4.15. The Balaban J connectivity index is 0.000000194. The lowest BCUT2D eigenvalue weighted by Gasteiger charge is -2.02. The summed E-state index contributed by atoms with van der Waals surface area (Å²) in [4.78, 5) is 22.1. The van der Waals surface area contributed by atoms with Gasteiger partial charge >= 0.3 is 11.9 Å². The molecule has 0 aliphatic carbocycles. The van der Waals surface area contributed by atoms with Crippen LogP contribution in [0.5, 0.6) is 0 Å². The second kappa shape index (κ2) is 8.53. The van der Waals surface area contributed by atoms with Crippen molar-refractivity contribution >= 4 is 36.1 Å². The van der Waals surface area contributed by atoms with E-state index < -0.39 is 0 Å². The Labute approximate surface area is 167 Å². The van der Waals surface area contributed by atoms with E-state index >= 15 is 0 Å². The molecule has 2 aromatic carbocycles. The summed E-state index contributed by atoms with van der Waals surface area (Å²) in [6.45, 7) is 0.578. The summed E-state index contributed by atoms with van der Waals surface area (Å²) in [7, 11) is 1.44. The highest BCUT2D eigenvalue weighted by atomic mass is 35.5. The second-order valence-corrected chi connectivity index (χ2v) is 5.84. The lowest BCUT2D eigenvalue weighted by Crippen LogP contribution is -2.11. The van der Waals surface area contributed by atoms with E-state index in [1.54, 1.807) is 36.4 Å². The van der Waals surface area contributed by atoms with E-state index in [2.05, 4.69) is 0 Å². The van der Waals surface area contributed by atoms with E-state index in [1.807, 2.05) is 0 Å². The first-order valence-corrected chi connectivity index (χ1v) is 7.98. The van der Waals surface area contributed by atoms with Crippen LogP contribution < -0.4 is 5.73 Å². The molecule has 8 nitrogen and oxygen atoms in total. The summed E-state index contributed by atoms with van der Waals surface area (Å²) >= 11 is 0. The van der Waals surface area contributed by atoms with E-state index in [0.29, 0.717) is 28.9 Å². The first kappa shape index (κ1) is 20.9. The molecule has 2 aromatic rings. The summed E-state index contributed by atoms with van der Waals surface area (Å²) in [5, 5.41) is 14.6. The van der Waals surface area contributed by atoms with Crippen molar-refractivity contribution in [2.45, 2.75) is 13.2 Å². The largest absolute Gasteiger partial charge is 0.481 e. The number of rotatable bonds is 2. The number of nitrogens with one attached hydrogen (secondary N) is 2. The number of ether oxygens (including phenoxy) is 3. The van der Waals surface area contributed by atoms with Crippen LogP contribution in [0.2, 0.25) is 0 Å². The topological polar surface area (TPSA) is 136 Å². The minimum absolute atomic E-state index is 0. The molecule has 0 spiro atoms. The molecule has 2 heterocycles. The standard InChI is InChI=1S/C10H9NO3.C9H8N2O2.ClH/c1-13-9(11)6-2-3-8-7(4-6)5-14-10(8)12;10-8(11)5-1-2-7-6(3-5)4-13-9(7)12;/h2-4,11H,5H2,1H3;1-3H,4H2,(H3,10,11);1H. The number of esters is 2. The Kier molecular flexibility index (Phi) is 6.37. The Hall–Kier alpha value is -3.39. The second-order valence-electron chi connectivity index (χ2n) is 5.84. The number of carbonyl (C=O) groups excluding carboxylic acids is 2. The van der Waals surface area contributed by atoms with Crippen LogP contribution in [0.15, 0.2) is 36.4 Å². The highest BCUT2D eigenvalue weighted by Gasteiger charge is 2.22. The molecule has 4 N–H and O–H groups in total. The minimum Gasteiger partial charge on any atom is -0.481 e. The molecular weight excluding hydrogens is 386 g/mol. The fourth-order valence-electron chi connectivity index (χ4n) is 2.69. The van der Waals surface area contributed by atoms with Crippen molar-refractivity contribution in [2.24, 2.45) is 5.73 Å². The van der Waals surface area contributed by atoms with E-state index in [-0.39, 0.29) is 42.7 Å². The number of nitrogens with two attached hydrogens (primary N) is 1. The van der Waals surface area contributed by atoms with Gasteiger partial charge in [-0.25, -0.2) is 9.59 Å². The van der Waals surface area contributed by atoms with Gasteiger partial charge in [0.1, 0.15) is 19.0 Å². The third kappa shape index (κ3) is 4.12. The number of cyclic esters (lactones) is 2. The molecule has 0 amide bonds. The van der Waals surface area contributed by atoms with Crippen LogP contribution in [0.4, 0.5) is 0 Å². The molecular formula is C19H18ClN3O5. The van der Waals surface area contributed by atoms with E-state index in [1.165, 1.54) is 7.11 Å². The van der Waals surface area contributed by atoms with Crippen molar-refractivity contribution in [1.82, 2.24) is 0 Å². The van der Waals surface area contributed by atoms with Crippen molar-refractivity contribution in [2.75, 3.05) is 7.11 Å². The fraction of sp³-hybridized carbons (Fsp3) is 0.158. The van der Waals surface area contributed by atoms with Crippen molar-refractivity contribution in [3.8, 4) is 0 Å². The van der Waals surface area contributed by atoms with Gasteiger partial charge in [0.2, 0.25) is 5.90 Å². The fourth-order valence-corrected chi connectivity index (χ4v) is 2.69. The number of methoxy groups -OCH3 is 1. The Morgan fingerprint density at radius 2 is 1.39 bits per heavy atom. The molecule has 0 atom stereocenters. The van der Waals surface area contributed by atoms with Crippen molar-refractivity contribution in [3.63, 3.8) is 0 Å². The lowest BCUT2D eigenvalue weighted by molar-refractivity contribution is 0.0526. The number of amidine groups is 1. The molecule has 2 aliphatic heterocycles. The van der Waals surface area contributed by atoms with Gasteiger partial charge in [0, 0.05) is 22.3 Å². The van der Waals surface area contributed by atoms with Crippen molar-refractivity contribution in [1.29, 1.82) is 10.8 Å². The summed E-state index contributed by atoms with van der Waals surface area (Å²) < 4.78 is 14.4. The maximum atomic E-state index is 11.1. The van der Waals surface area contributed by atoms with Crippen LogP contribution >= 0.6 is 12.4 Å². The van der Waals surface area contributed by atoms with E-state index in [0.717, 1.165) is 11.1 Å². The van der Waals surface area contributed by atoms with Crippen LogP contribution in [0, 0.1) is 10.8 Å². The number of carbonyl (C=O) groups is 2. The monoisotopic (exact) mass is 403 g/mol. The molecule has 0 radical (unpaired) electrons. The van der Waals surface area contributed by atoms with Gasteiger partial charge in [-0.3, -0.25) is 10.8 Å². The number of hydrogen-bond donors (Lipinski definition) is 3. The SMILES string of the molecule is COC(=N)c1ccc2c(c1)COC2=O.Cl.N=C(N)c1ccc2c(c1)COC2=O. The van der Waals surface area contributed by atoms with Crippen molar-refractivity contribution < 1.29 is 23.8 Å². The zero-order valence-corrected chi connectivity index (χ0v) is 15.7. The van der Waals surface area contributed by atoms with Gasteiger partial charge in [0.05, 0.1) is 18.2 Å². The Bertz CT molecular complexity index is 974. The number of hydrogen-bond acceptors (Lipinski definition) is 7. The molecule has 0 fully saturated rings. The van der Waals surface area contributed by atoms with Gasteiger partial charge in [-0.15, -0.1) is 12.4 Å². The summed E-state index contributed by atoms with van der Waals surface area (Å²) in [5.41, 5.74) is 9.35. The molecule has 9 heteroatoms. The zero-order chi connectivity index (χ0) is 19.6. The van der Waals surface area contributed by atoms with Crippen LogP contribution in [0.1, 0.15) is 43.0 Å².